The smallest absolute Gasteiger partial charge is 0.308 e. The quantitative estimate of drug-likeness (QED) is 0.352. The first-order valence-electron chi connectivity index (χ1n) is 7.27. The van der Waals surface area contributed by atoms with Gasteiger partial charge < -0.3 is 14.2 Å². The van der Waals surface area contributed by atoms with Gasteiger partial charge in [-0.3, -0.25) is 9.59 Å². The fourth-order valence-electron chi connectivity index (χ4n) is 2.09. The molecular formula is C19H18O5. The summed E-state index contributed by atoms with van der Waals surface area (Å²) in [6, 6.07) is 12.0. The number of hydrogen-bond donors (Lipinski definition) is 0. The number of para-hydroxylation sites is 1. The number of methoxy groups -OCH3 is 2. The summed E-state index contributed by atoms with van der Waals surface area (Å²) in [4.78, 5) is 23.5. The average molecular weight is 326 g/mol. The molecule has 2 aromatic carbocycles. The summed E-state index contributed by atoms with van der Waals surface area (Å²) in [6.07, 6.45) is 3.01. The Balaban J connectivity index is 2.26. The van der Waals surface area contributed by atoms with Gasteiger partial charge >= 0.3 is 5.97 Å². The summed E-state index contributed by atoms with van der Waals surface area (Å²) < 4.78 is 15.5. The molecule has 0 spiro atoms. The molecular weight excluding hydrogens is 308 g/mol. The lowest BCUT2D eigenvalue weighted by atomic mass is 10.1. The van der Waals surface area contributed by atoms with Gasteiger partial charge in [-0.25, -0.2) is 0 Å². The molecule has 5 heteroatoms. The summed E-state index contributed by atoms with van der Waals surface area (Å²) in [6.45, 7) is 1.31. The van der Waals surface area contributed by atoms with Crippen LogP contribution in [0.4, 0.5) is 0 Å². The third kappa shape index (κ3) is 4.23. The molecule has 0 aliphatic rings. The normalized spacial score (nSPS) is 10.5. The van der Waals surface area contributed by atoms with Crippen LogP contribution in [0, 0.1) is 0 Å². The molecule has 0 aliphatic heterocycles. The third-order valence-electron chi connectivity index (χ3n) is 3.26. The van der Waals surface area contributed by atoms with E-state index < -0.39 is 5.97 Å². The Morgan fingerprint density at radius 1 is 0.958 bits per heavy atom. The van der Waals surface area contributed by atoms with E-state index in [1.807, 2.05) is 0 Å². The average Bonchev–Trinajstić information content (AvgIpc) is 2.60. The number of benzene rings is 2. The first kappa shape index (κ1) is 17.3. The van der Waals surface area contributed by atoms with Crippen LogP contribution in [0.1, 0.15) is 22.8 Å². The monoisotopic (exact) mass is 326 g/mol. The number of ketones is 1. The maximum atomic E-state index is 12.2. The number of carbonyl (C=O) groups excluding carboxylic acids is 2. The van der Waals surface area contributed by atoms with Crippen LogP contribution in [0.25, 0.3) is 6.08 Å². The van der Waals surface area contributed by atoms with E-state index in [-0.39, 0.29) is 11.5 Å². The molecule has 2 aromatic rings. The largest absolute Gasteiger partial charge is 0.497 e. The minimum absolute atomic E-state index is 0.172. The Morgan fingerprint density at radius 3 is 2.25 bits per heavy atom. The van der Waals surface area contributed by atoms with Gasteiger partial charge in [0.1, 0.15) is 5.75 Å². The van der Waals surface area contributed by atoms with Gasteiger partial charge in [0.2, 0.25) is 0 Å². The zero-order chi connectivity index (χ0) is 17.5. The van der Waals surface area contributed by atoms with Gasteiger partial charge in [-0.15, -0.1) is 0 Å². The Hall–Kier alpha value is -3.08. The molecule has 2 rings (SSSR count). The first-order chi connectivity index (χ1) is 11.5. The third-order valence-corrected chi connectivity index (χ3v) is 3.26. The fraction of sp³-hybridized carbons (Fsp3) is 0.158. The maximum absolute atomic E-state index is 12.2. The van der Waals surface area contributed by atoms with E-state index in [4.69, 9.17) is 14.2 Å². The lowest BCUT2D eigenvalue weighted by Gasteiger charge is -2.10. The molecule has 24 heavy (non-hydrogen) atoms. The summed E-state index contributed by atoms with van der Waals surface area (Å²) >= 11 is 0. The Kier molecular flexibility index (Phi) is 5.73. The maximum Gasteiger partial charge on any atom is 0.308 e. The second-order valence-electron chi connectivity index (χ2n) is 4.90. The molecule has 0 atom stereocenters. The Bertz CT molecular complexity index is 760. The number of allylic oxidation sites excluding steroid dienone is 1. The molecule has 0 aliphatic carbocycles. The Morgan fingerprint density at radius 2 is 1.67 bits per heavy atom. The minimum atomic E-state index is -0.462. The molecule has 0 N–H and O–H groups in total. The van der Waals surface area contributed by atoms with E-state index in [2.05, 4.69) is 0 Å². The highest BCUT2D eigenvalue weighted by atomic mass is 16.6. The molecule has 0 fully saturated rings. The first-order valence-corrected chi connectivity index (χ1v) is 7.27. The molecule has 0 saturated heterocycles. The predicted octanol–water partition coefficient (Wildman–Crippen LogP) is 3.53. The molecule has 0 heterocycles. The van der Waals surface area contributed by atoms with E-state index in [0.29, 0.717) is 22.6 Å². The van der Waals surface area contributed by atoms with E-state index in [1.54, 1.807) is 55.7 Å². The van der Waals surface area contributed by atoms with E-state index in [1.165, 1.54) is 20.1 Å². The zero-order valence-electron chi connectivity index (χ0n) is 13.7. The van der Waals surface area contributed by atoms with Crippen LogP contribution in [0.15, 0.2) is 48.5 Å². The second kappa shape index (κ2) is 7.97. The van der Waals surface area contributed by atoms with Crippen LogP contribution in [0.3, 0.4) is 0 Å². The van der Waals surface area contributed by atoms with Crippen molar-refractivity contribution in [1.29, 1.82) is 0 Å². The van der Waals surface area contributed by atoms with Crippen molar-refractivity contribution in [2.75, 3.05) is 14.2 Å². The Labute approximate surface area is 140 Å². The van der Waals surface area contributed by atoms with Gasteiger partial charge in [-0.2, -0.15) is 0 Å². The topological polar surface area (TPSA) is 61.8 Å². The predicted molar refractivity (Wildman–Crippen MR) is 90.7 cm³/mol. The van der Waals surface area contributed by atoms with Crippen molar-refractivity contribution in [1.82, 2.24) is 0 Å². The minimum Gasteiger partial charge on any atom is -0.497 e. The van der Waals surface area contributed by atoms with Crippen molar-refractivity contribution in [3.8, 4) is 17.2 Å². The standard InChI is InChI=1S/C19H18O5/c1-13(20)24-19-15(5-4-6-18(19)23-3)9-12-17(21)14-7-10-16(22-2)11-8-14/h4-12H,1-3H3. The SMILES string of the molecule is COc1ccc(C(=O)C=Cc2cccc(OC)c2OC(C)=O)cc1. The molecule has 0 unspecified atom stereocenters. The van der Waals surface area contributed by atoms with Crippen LogP contribution < -0.4 is 14.2 Å². The molecule has 0 amide bonds. The van der Waals surface area contributed by atoms with Gasteiger partial charge in [0, 0.05) is 18.1 Å². The van der Waals surface area contributed by atoms with Crippen LogP contribution in [-0.2, 0) is 4.79 Å². The number of rotatable bonds is 6. The lowest BCUT2D eigenvalue weighted by Crippen LogP contribution is -2.04. The molecule has 0 saturated carbocycles. The number of ether oxygens (including phenoxy) is 3. The molecule has 0 bridgehead atoms. The van der Waals surface area contributed by atoms with Crippen molar-refractivity contribution >= 4 is 17.8 Å². The van der Waals surface area contributed by atoms with Gasteiger partial charge in [-0.1, -0.05) is 12.1 Å². The van der Waals surface area contributed by atoms with Crippen molar-refractivity contribution < 1.29 is 23.8 Å². The summed E-state index contributed by atoms with van der Waals surface area (Å²) in [5.41, 5.74) is 1.11. The highest BCUT2D eigenvalue weighted by Gasteiger charge is 2.11. The van der Waals surface area contributed by atoms with Crippen molar-refractivity contribution in [2.24, 2.45) is 0 Å². The summed E-state index contributed by atoms with van der Waals surface area (Å²) in [5.74, 6) is 0.751. The van der Waals surface area contributed by atoms with Gasteiger partial charge in [0.05, 0.1) is 14.2 Å². The highest BCUT2D eigenvalue weighted by molar-refractivity contribution is 6.07. The molecule has 5 nitrogen and oxygen atoms in total. The molecule has 0 radical (unpaired) electrons. The summed E-state index contributed by atoms with van der Waals surface area (Å²) in [5, 5.41) is 0. The van der Waals surface area contributed by atoms with Gasteiger partial charge in [-0.05, 0) is 42.5 Å². The van der Waals surface area contributed by atoms with Crippen molar-refractivity contribution in [3.63, 3.8) is 0 Å². The fourth-order valence-corrected chi connectivity index (χ4v) is 2.09. The number of esters is 1. The second-order valence-corrected chi connectivity index (χ2v) is 4.90. The molecule has 0 aromatic heterocycles. The van der Waals surface area contributed by atoms with E-state index in [0.717, 1.165) is 0 Å². The van der Waals surface area contributed by atoms with Gasteiger partial charge in [0.25, 0.3) is 0 Å². The van der Waals surface area contributed by atoms with Gasteiger partial charge in [0.15, 0.2) is 17.3 Å². The van der Waals surface area contributed by atoms with Crippen molar-refractivity contribution in [3.05, 3.63) is 59.7 Å². The molecule has 124 valence electrons. The zero-order valence-corrected chi connectivity index (χ0v) is 13.7. The number of hydrogen-bond acceptors (Lipinski definition) is 5. The highest BCUT2D eigenvalue weighted by Crippen LogP contribution is 2.32. The van der Waals surface area contributed by atoms with E-state index >= 15 is 0 Å². The summed E-state index contributed by atoms with van der Waals surface area (Å²) in [7, 11) is 3.05. The lowest BCUT2D eigenvalue weighted by molar-refractivity contribution is -0.132. The van der Waals surface area contributed by atoms with Crippen LogP contribution in [-0.4, -0.2) is 26.0 Å². The van der Waals surface area contributed by atoms with Crippen LogP contribution in [0.2, 0.25) is 0 Å². The van der Waals surface area contributed by atoms with E-state index in [9.17, 15) is 9.59 Å². The van der Waals surface area contributed by atoms with Crippen molar-refractivity contribution in [2.45, 2.75) is 6.92 Å². The number of carbonyl (C=O) groups is 2. The van der Waals surface area contributed by atoms with Crippen LogP contribution >= 0.6 is 0 Å². The van der Waals surface area contributed by atoms with Crippen LogP contribution in [0.5, 0.6) is 17.2 Å².